The number of hydrogen-bond donors (Lipinski definition) is 2. The minimum atomic E-state index is -0.375. The molecule has 6 nitrogen and oxygen atoms in total. The van der Waals surface area contributed by atoms with Gasteiger partial charge in [0.05, 0.1) is 27.8 Å². The number of hydrogen-bond acceptors (Lipinski definition) is 5. The third-order valence-electron chi connectivity index (χ3n) is 5.50. The van der Waals surface area contributed by atoms with E-state index < -0.39 is 0 Å². The minimum absolute atomic E-state index is 0.0416. The van der Waals surface area contributed by atoms with Crippen molar-refractivity contribution in [3.05, 3.63) is 40.1 Å². The molecule has 2 aromatic rings. The quantitative estimate of drug-likeness (QED) is 0.647. The first-order valence-corrected chi connectivity index (χ1v) is 8.26. The minimum Gasteiger partial charge on any atom is -0.633 e. The van der Waals surface area contributed by atoms with Gasteiger partial charge in [-0.1, -0.05) is 0 Å². The van der Waals surface area contributed by atoms with Gasteiger partial charge in [-0.05, 0) is 34.9 Å². The first kappa shape index (κ1) is 16.1. The van der Waals surface area contributed by atoms with Crippen molar-refractivity contribution >= 4 is 0 Å². The lowest BCUT2D eigenvalue weighted by Gasteiger charge is -2.51. The number of ether oxygens (including phenoxy) is 2. The van der Waals surface area contributed by atoms with E-state index in [1.165, 1.54) is 14.2 Å². The molecule has 2 aromatic carbocycles. The molecule has 0 aromatic heterocycles. The molecule has 1 aliphatic heterocycles. The highest BCUT2D eigenvalue weighted by Gasteiger charge is 2.41. The SMILES string of the molecule is COc1cc2c(cc1O)C[C@H]1c3c(cc(O)c(OC)c3-2)CC[N@@+]1(C)[O-]. The van der Waals surface area contributed by atoms with Crippen molar-refractivity contribution in [1.29, 1.82) is 0 Å². The van der Waals surface area contributed by atoms with Crippen LogP contribution in [0.15, 0.2) is 18.2 Å². The molecule has 0 radical (unpaired) electrons. The lowest BCUT2D eigenvalue weighted by Crippen LogP contribution is -2.48. The topological polar surface area (TPSA) is 82.0 Å². The molecule has 1 heterocycles. The van der Waals surface area contributed by atoms with E-state index in [9.17, 15) is 15.4 Å². The fraction of sp³-hybridized carbons (Fsp3) is 0.368. The summed E-state index contributed by atoms with van der Waals surface area (Å²) in [4.78, 5) is 0. The monoisotopic (exact) mass is 343 g/mol. The van der Waals surface area contributed by atoms with Gasteiger partial charge in [-0.3, -0.25) is 0 Å². The zero-order valence-electron chi connectivity index (χ0n) is 14.5. The summed E-state index contributed by atoms with van der Waals surface area (Å²) in [5.74, 6) is 0.822. The van der Waals surface area contributed by atoms with E-state index in [1.54, 1.807) is 25.2 Å². The summed E-state index contributed by atoms with van der Waals surface area (Å²) in [7, 11) is 4.69. The summed E-state index contributed by atoms with van der Waals surface area (Å²) in [6, 6.07) is 4.83. The number of quaternary nitrogens is 1. The van der Waals surface area contributed by atoms with Crippen LogP contribution in [0.2, 0.25) is 0 Å². The first-order chi connectivity index (χ1) is 11.9. The van der Waals surface area contributed by atoms with Crippen LogP contribution < -0.4 is 9.47 Å². The highest BCUT2D eigenvalue weighted by Crippen LogP contribution is 2.54. The average Bonchev–Trinajstić information content (AvgIpc) is 2.57. The second kappa shape index (κ2) is 5.28. The lowest BCUT2D eigenvalue weighted by atomic mass is 9.76. The summed E-state index contributed by atoms with van der Waals surface area (Å²) in [6.07, 6.45) is 1.14. The molecule has 2 N–H and O–H groups in total. The van der Waals surface area contributed by atoms with Crippen LogP contribution in [0.3, 0.4) is 0 Å². The Kier molecular flexibility index (Phi) is 3.39. The Morgan fingerprint density at radius 3 is 2.48 bits per heavy atom. The van der Waals surface area contributed by atoms with Crippen molar-refractivity contribution in [2.75, 3.05) is 27.8 Å². The number of nitrogens with zero attached hydrogens (tertiary/aromatic N) is 1. The Labute approximate surface area is 146 Å². The normalized spacial score (nSPS) is 23.6. The van der Waals surface area contributed by atoms with Gasteiger partial charge >= 0.3 is 0 Å². The predicted octanol–water partition coefficient (Wildman–Crippen LogP) is 2.88. The molecular formula is C19H21NO5. The van der Waals surface area contributed by atoms with E-state index in [0.29, 0.717) is 30.9 Å². The molecule has 2 atom stereocenters. The summed E-state index contributed by atoms with van der Waals surface area (Å²) in [5, 5.41) is 33.7. The Balaban J connectivity index is 2.09. The maximum absolute atomic E-state index is 13.1. The van der Waals surface area contributed by atoms with E-state index in [4.69, 9.17) is 9.47 Å². The third-order valence-corrected chi connectivity index (χ3v) is 5.50. The molecule has 2 aliphatic rings. The maximum atomic E-state index is 13.1. The summed E-state index contributed by atoms with van der Waals surface area (Å²) >= 11 is 0. The highest BCUT2D eigenvalue weighted by atomic mass is 16.5. The number of phenols is 2. The zero-order chi connectivity index (χ0) is 17.9. The van der Waals surface area contributed by atoms with E-state index in [2.05, 4.69) is 0 Å². The number of methoxy groups -OCH3 is 2. The molecule has 4 rings (SSSR count). The second-order valence-corrected chi connectivity index (χ2v) is 6.93. The molecule has 25 heavy (non-hydrogen) atoms. The van der Waals surface area contributed by atoms with Crippen LogP contribution in [0, 0.1) is 5.21 Å². The molecule has 132 valence electrons. The Morgan fingerprint density at radius 2 is 1.80 bits per heavy atom. The average molecular weight is 343 g/mol. The van der Waals surface area contributed by atoms with Crippen LogP contribution in [-0.2, 0) is 12.8 Å². The number of phenolic OH excluding ortho intramolecular Hbond substituents is 2. The van der Waals surface area contributed by atoms with Crippen molar-refractivity contribution in [2.24, 2.45) is 0 Å². The lowest BCUT2D eigenvalue weighted by molar-refractivity contribution is -0.894. The molecule has 0 saturated heterocycles. The number of rotatable bonds is 2. The van der Waals surface area contributed by atoms with Gasteiger partial charge in [0.1, 0.15) is 6.04 Å². The van der Waals surface area contributed by atoms with Crippen molar-refractivity contribution in [2.45, 2.75) is 18.9 Å². The van der Waals surface area contributed by atoms with Crippen molar-refractivity contribution in [1.82, 2.24) is 0 Å². The number of benzene rings is 2. The van der Waals surface area contributed by atoms with Crippen LogP contribution >= 0.6 is 0 Å². The van der Waals surface area contributed by atoms with E-state index in [1.807, 2.05) is 0 Å². The fourth-order valence-electron chi connectivity index (χ4n) is 4.23. The van der Waals surface area contributed by atoms with Crippen LogP contribution in [0.25, 0.3) is 11.1 Å². The molecule has 0 fully saturated rings. The zero-order valence-corrected chi connectivity index (χ0v) is 14.5. The molecule has 6 heteroatoms. The molecule has 0 spiro atoms. The Morgan fingerprint density at radius 1 is 1.08 bits per heavy atom. The number of hydroxylamine groups is 3. The summed E-state index contributed by atoms with van der Waals surface area (Å²) < 4.78 is 10.4. The smallest absolute Gasteiger partial charge is 0.168 e. The molecule has 0 unspecified atom stereocenters. The molecule has 1 aliphatic carbocycles. The van der Waals surface area contributed by atoms with Gasteiger partial charge in [0.25, 0.3) is 0 Å². The van der Waals surface area contributed by atoms with Crippen molar-refractivity contribution in [3.63, 3.8) is 0 Å². The molecule has 0 bridgehead atoms. The molecular weight excluding hydrogens is 322 g/mol. The van der Waals surface area contributed by atoms with Crippen LogP contribution in [0.5, 0.6) is 23.0 Å². The van der Waals surface area contributed by atoms with Crippen molar-refractivity contribution in [3.8, 4) is 34.1 Å². The fourth-order valence-corrected chi connectivity index (χ4v) is 4.23. The largest absolute Gasteiger partial charge is 0.633 e. The van der Waals surface area contributed by atoms with E-state index in [-0.39, 0.29) is 22.2 Å². The molecule has 0 saturated carbocycles. The summed E-state index contributed by atoms with van der Waals surface area (Å²) in [5.41, 5.74) is 4.35. The number of likely N-dealkylation sites (N-methyl/N-ethyl adjacent to an activating group) is 1. The van der Waals surface area contributed by atoms with Gasteiger partial charge in [-0.25, -0.2) is 0 Å². The third kappa shape index (κ3) is 2.18. The highest BCUT2D eigenvalue weighted by molar-refractivity contribution is 5.84. The first-order valence-electron chi connectivity index (χ1n) is 8.26. The van der Waals surface area contributed by atoms with Gasteiger partial charge in [-0.2, -0.15) is 0 Å². The van der Waals surface area contributed by atoms with Gasteiger partial charge in [-0.15, -0.1) is 0 Å². The van der Waals surface area contributed by atoms with Gasteiger partial charge in [0.2, 0.25) is 0 Å². The van der Waals surface area contributed by atoms with Crippen LogP contribution in [0.4, 0.5) is 0 Å². The predicted molar refractivity (Wildman–Crippen MR) is 92.9 cm³/mol. The van der Waals surface area contributed by atoms with Gasteiger partial charge < -0.3 is 29.5 Å². The number of aromatic hydroxyl groups is 2. The Bertz CT molecular complexity index is 875. The van der Waals surface area contributed by atoms with Gasteiger partial charge in [0, 0.05) is 24.0 Å². The van der Waals surface area contributed by atoms with E-state index >= 15 is 0 Å². The summed E-state index contributed by atoms with van der Waals surface area (Å²) in [6.45, 7) is 0.459. The maximum Gasteiger partial charge on any atom is 0.168 e. The van der Waals surface area contributed by atoms with Crippen molar-refractivity contribution < 1.29 is 24.3 Å². The standard InChI is InChI=1S/C19H21NO5/c1-20(23)5-4-10-7-15(22)19(25-3)18-12-9-16(24-2)14(21)8-11(12)6-13(20)17(10)18/h7-9,13,21-22H,4-6H2,1-3H3/t13-,20+/m0/s1. The Hall–Kier alpha value is -2.44. The molecule has 0 amide bonds. The van der Waals surface area contributed by atoms with E-state index in [0.717, 1.165) is 27.8 Å². The number of fused-ring (bicyclic) bond motifs is 2. The second-order valence-electron chi connectivity index (χ2n) is 6.93. The van der Waals surface area contributed by atoms with Crippen LogP contribution in [0.1, 0.15) is 22.7 Å². The van der Waals surface area contributed by atoms with Gasteiger partial charge in [0.15, 0.2) is 23.0 Å². The van der Waals surface area contributed by atoms with Crippen LogP contribution in [-0.4, -0.2) is 42.7 Å².